The van der Waals surface area contributed by atoms with Crippen LogP contribution in [0.4, 0.5) is 0 Å². The molecule has 7 heteroatoms. The van der Waals surface area contributed by atoms with Gasteiger partial charge in [0.25, 0.3) is 5.79 Å². The zero-order valence-corrected chi connectivity index (χ0v) is 23.9. The smallest absolute Gasteiger partial charge is 0.308 e. The molecule has 1 saturated heterocycles. The van der Waals surface area contributed by atoms with Crippen molar-refractivity contribution in [3.05, 3.63) is 0 Å². The summed E-state index contributed by atoms with van der Waals surface area (Å²) in [6.07, 6.45) is 19.8. The molecule has 3 atom stereocenters. The number of ether oxygens (including phenoxy) is 3. The highest BCUT2D eigenvalue weighted by molar-refractivity contribution is 5.71. The second-order valence-electron chi connectivity index (χ2n) is 10.7. The Morgan fingerprint density at radius 3 is 1.57 bits per heavy atom. The number of rotatable bonds is 24. The normalized spacial score (nSPS) is 21.3. The molecule has 0 aliphatic carbocycles. The van der Waals surface area contributed by atoms with Crippen LogP contribution in [-0.2, 0) is 23.8 Å². The molecule has 0 aromatic heterocycles. The topological polar surface area (TPSA) is 102 Å². The fraction of sp³-hybridized carbons (Fsp3) is 0.933. The number of carbonyl (C=O) groups is 2. The van der Waals surface area contributed by atoms with Crippen molar-refractivity contribution in [2.75, 3.05) is 13.2 Å². The second kappa shape index (κ2) is 21.7. The lowest BCUT2D eigenvalue weighted by Crippen LogP contribution is -2.49. The van der Waals surface area contributed by atoms with Crippen molar-refractivity contribution >= 4 is 11.9 Å². The zero-order valence-electron chi connectivity index (χ0n) is 23.9. The summed E-state index contributed by atoms with van der Waals surface area (Å²) in [6.45, 7) is 3.51. The summed E-state index contributed by atoms with van der Waals surface area (Å²) in [4.78, 5) is 25.0. The summed E-state index contributed by atoms with van der Waals surface area (Å²) in [5.41, 5.74) is 0. The van der Waals surface area contributed by atoms with Gasteiger partial charge in [0.05, 0.1) is 12.7 Å². The van der Waals surface area contributed by atoms with Gasteiger partial charge >= 0.3 is 11.9 Å². The van der Waals surface area contributed by atoms with Gasteiger partial charge in [-0.15, -0.1) is 0 Å². The Labute approximate surface area is 226 Å². The lowest BCUT2D eigenvalue weighted by atomic mass is 10.1. The Hall–Kier alpha value is -1.18. The lowest BCUT2D eigenvalue weighted by Gasteiger charge is -2.31. The molecular formula is C30H56O7. The van der Waals surface area contributed by atoms with Crippen LogP contribution >= 0.6 is 0 Å². The van der Waals surface area contributed by atoms with Gasteiger partial charge in [-0.1, -0.05) is 117 Å². The van der Waals surface area contributed by atoms with E-state index >= 15 is 0 Å². The molecule has 1 fully saturated rings. The Balaban J connectivity index is 2.35. The van der Waals surface area contributed by atoms with E-state index in [9.17, 15) is 19.8 Å². The van der Waals surface area contributed by atoms with E-state index in [-0.39, 0.29) is 31.8 Å². The predicted molar refractivity (Wildman–Crippen MR) is 146 cm³/mol. The molecule has 0 saturated carbocycles. The number of aliphatic hydroxyl groups excluding tert-OH is 2. The second-order valence-corrected chi connectivity index (χ2v) is 10.7. The third kappa shape index (κ3) is 15.1. The summed E-state index contributed by atoms with van der Waals surface area (Å²) >= 11 is 0. The molecule has 1 rings (SSSR count). The van der Waals surface area contributed by atoms with Gasteiger partial charge < -0.3 is 24.4 Å². The van der Waals surface area contributed by atoms with Crippen molar-refractivity contribution in [2.45, 2.75) is 167 Å². The third-order valence-corrected chi connectivity index (χ3v) is 7.29. The predicted octanol–water partition coefficient (Wildman–Crippen LogP) is 6.75. The number of esters is 2. The fourth-order valence-electron chi connectivity index (χ4n) is 4.96. The lowest BCUT2D eigenvalue weighted by molar-refractivity contribution is -0.268. The summed E-state index contributed by atoms with van der Waals surface area (Å²) in [5, 5.41) is 19.6. The van der Waals surface area contributed by atoms with Gasteiger partial charge in [0.1, 0.15) is 6.61 Å². The molecule has 0 spiro atoms. The number of carbonyl (C=O) groups excluding carboxylic acids is 2. The van der Waals surface area contributed by atoms with Crippen LogP contribution in [0.25, 0.3) is 0 Å². The summed E-state index contributed by atoms with van der Waals surface area (Å²) in [6, 6.07) is 0. The minimum Gasteiger partial charge on any atom is -0.455 e. The van der Waals surface area contributed by atoms with E-state index in [0.717, 1.165) is 32.1 Å². The van der Waals surface area contributed by atoms with Crippen molar-refractivity contribution in [1.82, 2.24) is 0 Å². The Kier molecular flexibility index (Phi) is 19.9. The molecule has 0 radical (unpaired) electrons. The van der Waals surface area contributed by atoms with Gasteiger partial charge in [-0.2, -0.15) is 0 Å². The molecule has 1 heterocycles. The molecule has 0 aromatic carbocycles. The van der Waals surface area contributed by atoms with Crippen LogP contribution in [0.15, 0.2) is 0 Å². The molecule has 1 aliphatic heterocycles. The van der Waals surface area contributed by atoms with Gasteiger partial charge in [0.15, 0.2) is 6.10 Å². The summed E-state index contributed by atoms with van der Waals surface area (Å²) in [7, 11) is 0. The van der Waals surface area contributed by atoms with Crippen LogP contribution < -0.4 is 0 Å². The van der Waals surface area contributed by atoms with Crippen molar-refractivity contribution in [1.29, 1.82) is 0 Å². The standard InChI is InChI=1S/C30H56O7/c1-3-5-7-9-11-13-15-17-19-21-28(33)35-27-23-26(24-31)36-30(27,25-32)37-29(34)22-20-18-16-14-12-10-8-6-4-2/h26-27,31-32H,3-25H2,1-2H3. The van der Waals surface area contributed by atoms with E-state index in [1.807, 2.05) is 0 Å². The first-order valence-corrected chi connectivity index (χ1v) is 15.3. The number of aliphatic hydroxyl groups is 2. The zero-order chi connectivity index (χ0) is 27.2. The summed E-state index contributed by atoms with van der Waals surface area (Å²) < 4.78 is 16.9. The van der Waals surface area contributed by atoms with Gasteiger partial charge in [-0.3, -0.25) is 9.59 Å². The van der Waals surface area contributed by atoms with Crippen LogP contribution in [-0.4, -0.2) is 53.4 Å². The molecule has 3 unspecified atom stereocenters. The minimum atomic E-state index is -1.74. The number of hydrogen-bond donors (Lipinski definition) is 2. The first-order chi connectivity index (χ1) is 18.0. The third-order valence-electron chi connectivity index (χ3n) is 7.29. The van der Waals surface area contributed by atoms with Crippen LogP contribution in [0.2, 0.25) is 0 Å². The van der Waals surface area contributed by atoms with Gasteiger partial charge in [-0.05, 0) is 12.8 Å². The van der Waals surface area contributed by atoms with Crippen molar-refractivity contribution < 1.29 is 34.0 Å². The van der Waals surface area contributed by atoms with Crippen molar-refractivity contribution in [3.8, 4) is 0 Å². The highest BCUT2D eigenvalue weighted by Crippen LogP contribution is 2.35. The van der Waals surface area contributed by atoms with Crippen LogP contribution in [0.3, 0.4) is 0 Å². The van der Waals surface area contributed by atoms with Crippen LogP contribution in [0, 0.1) is 0 Å². The number of hydrogen-bond acceptors (Lipinski definition) is 7. The fourth-order valence-corrected chi connectivity index (χ4v) is 4.96. The van der Waals surface area contributed by atoms with Crippen molar-refractivity contribution in [2.24, 2.45) is 0 Å². The first-order valence-electron chi connectivity index (χ1n) is 15.3. The number of unbranched alkanes of at least 4 members (excludes halogenated alkanes) is 16. The molecule has 1 aliphatic rings. The monoisotopic (exact) mass is 528 g/mol. The Morgan fingerprint density at radius 1 is 0.703 bits per heavy atom. The SMILES string of the molecule is CCCCCCCCCCCC(=O)OC1CC(CO)OC1(CO)OC(=O)CCCCCCCCCCC. The van der Waals surface area contributed by atoms with E-state index in [1.165, 1.54) is 77.0 Å². The van der Waals surface area contributed by atoms with E-state index in [1.54, 1.807) is 0 Å². The molecular weight excluding hydrogens is 472 g/mol. The molecule has 0 bridgehead atoms. The average Bonchev–Trinajstić information content (AvgIpc) is 3.23. The molecule has 2 N–H and O–H groups in total. The van der Waals surface area contributed by atoms with E-state index in [0.29, 0.717) is 6.42 Å². The van der Waals surface area contributed by atoms with Gasteiger partial charge in [-0.25, -0.2) is 0 Å². The Bertz CT molecular complexity index is 582. The maximum absolute atomic E-state index is 12.5. The minimum absolute atomic E-state index is 0.186. The van der Waals surface area contributed by atoms with Gasteiger partial charge in [0.2, 0.25) is 0 Å². The highest BCUT2D eigenvalue weighted by Gasteiger charge is 2.54. The molecule has 218 valence electrons. The Morgan fingerprint density at radius 2 is 1.14 bits per heavy atom. The summed E-state index contributed by atoms with van der Waals surface area (Å²) in [5.74, 6) is -2.60. The maximum Gasteiger partial charge on any atom is 0.308 e. The maximum atomic E-state index is 12.5. The van der Waals surface area contributed by atoms with Crippen molar-refractivity contribution in [3.63, 3.8) is 0 Å². The van der Waals surface area contributed by atoms with E-state index < -0.39 is 30.6 Å². The molecule has 0 amide bonds. The van der Waals surface area contributed by atoms with E-state index in [4.69, 9.17) is 14.2 Å². The largest absolute Gasteiger partial charge is 0.455 e. The van der Waals surface area contributed by atoms with Crippen LogP contribution in [0.5, 0.6) is 0 Å². The first kappa shape index (κ1) is 33.8. The highest BCUT2D eigenvalue weighted by atomic mass is 16.8. The average molecular weight is 529 g/mol. The van der Waals surface area contributed by atoms with E-state index in [2.05, 4.69) is 13.8 Å². The quantitative estimate of drug-likeness (QED) is 0.105. The van der Waals surface area contributed by atoms with Gasteiger partial charge in [0, 0.05) is 19.3 Å². The molecule has 37 heavy (non-hydrogen) atoms. The molecule has 0 aromatic rings. The van der Waals surface area contributed by atoms with Crippen LogP contribution in [0.1, 0.15) is 149 Å². The molecule has 7 nitrogen and oxygen atoms in total.